The predicted molar refractivity (Wildman–Crippen MR) is 131 cm³/mol. The van der Waals surface area contributed by atoms with Crippen molar-refractivity contribution in [2.24, 2.45) is 0 Å². The van der Waals surface area contributed by atoms with Crippen LogP contribution in [0, 0.1) is 5.82 Å². The number of thiophene rings is 1. The van der Waals surface area contributed by atoms with Crippen LogP contribution in [0.4, 0.5) is 15.8 Å². The maximum Gasteiger partial charge on any atom is 0.265 e. The third-order valence-corrected chi connectivity index (χ3v) is 5.76. The molecule has 0 unspecified atom stereocenters. The minimum atomic E-state index is -0.410. The van der Waals surface area contributed by atoms with E-state index in [1.165, 1.54) is 35.6 Å². The van der Waals surface area contributed by atoms with Crippen LogP contribution in [0.1, 0.15) is 36.0 Å². The Kier molecular flexibility index (Phi) is 7.10. The largest absolute Gasteiger partial charge is 0.348 e. The van der Waals surface area contributed by atoms with Crippen LogP contribution in [-0.2, 0) is 6.54 Å². The van der Waals surface area contributed by atoms with Crippen molar-refractivity contribution >= 4 is 40.4 Å². The Morgan fingerprint density at radius 3 is 2.09 bits per heavy atom. The summed E-state index contributed by atoms with van der Waals surface area (Å²) in [6.45, 7) is 0.260. The molecule has 170 valence electrons. The first kappa shape index (κ1) is 22.9. The lowest BCUT2D eigenvalue weighted by molar-refractivity contribution is 0.0949. The topological polar surface area (TPSA) is 87.3 Å². The van der Waals surface area contributed by atoms with Gasteiger partial charge in [0, 0.05) is 29.0 Å². The van der Waals surface area contributed by atoms with Gasteiger partial charge in [-0.3, -0.25) is 14.4 Å². The first-order chi connectivity index (χ1) is 16.5. The van der Waals surface area contributed by atoms with Gasteiger partial charge in [0.05, 0.1) is 4.88 Å². The summed E-state index contributed by atoms with van der Waals surface area (Å²) in [5.41, 5.74) is 2.75. The second kappa shape index (κ2) is 10.5. The number of anilines is 2. The highest BCUT2D eigenvalue weighted by Gasteiger charge is 2.10. The fraction of sp³-hybridized carbons (Fsp3) is 0.0385. The molecule has 1 aromatic heterocycles. The molecule has 0 aliphatic carbocycles. The zero-order valence-corrected chi connectivity index (χ0v) is 18.7. The molecule has 3 amide bonds. The Morgan fingerprint density at radius 2 is 1.38 bits per heavy atom. The summed E-state index contributed by atoms with van der Waals surface area (Å²) in [5.74, 6) is -1.23. The van der Waals surface area contributed by atoms with Crippen LogP contribution in [-0.4, -0.2) is 17.7 Å². The van der Waals surface area contributed by atoms with E-state index < -0.39 is 5.82 Å². The summed E-state index contributed by atoms with van der Waals surface area (Å²) in [5, 5.41) is 10.2. The molecule has 0 fully saturated rings. The summed E-state index contributed by atoms with van der Waals surface area (Å²) in [7, 11) is 0. The van der Waals surface area contributed by atoms with Crippen LogP contribution in [0.15, 0.2) is 90.3 Å². The monoisotopic (exact) mass is 473 g/mol. The molecule has 0 bridgehead atoms. The quantitative estimate of drug-likeness (QED) is 0.339. The molecule has 0 spiro atoms. The van der Waals surface area contributed by atoms with Crippen LogP contribution in [0.5, 0.6) is 0 Å². The second-order valence-electron chi connectivity index (χ2n) is 7.35. The molecule has 34 heavy (non-hydrogen) atoms. The molecule has 0 aliphatic rings. The van der Waals surface area contributed by atoms with Crippen LogP contribution in [0.2, 0.25) is 0 Å². The molecule has 1 heterocycles. The number of carbonyl (C=O) groups excluding carboxylic acids is 3. The molecule has 0 aliphatic heterocycles. The van der Waals surface area contributed by atoms with E-state index in [1.54, 1.807) is 48.5 Å². The van der Waals surface area contributed by atoms with E-state index in [1.807, 2.05) is 17.5 Å². The Morgan fingerprint density at radius 1 is 0.706 bits per heavy atom. The lowest BCUT2D eigenvalue weighted by atomic mass is 10.1. The maximum atomic E-state index is 13.0. The Bertz CT molecular complexity index is 1300. The summed E-state index contributed by atoms with van der Waals surface area (Å²) in [6, 6.07) is 22.5. The third kappa shape index (κ3) is 5.93. The smallest absolute Gasteiger partial charge is 0.265 e. The highest BCUT2D eigenvalue weighted by molar-refractivity contribution is 7.12. The van der Waals surface area contributed by atoms with Gasteiger partial charge in [-0.25, -0.2) is 4.39 Å². The zero-order chi connectivity index (χ0) is 23.9. The number of hydrogen-bond donors (Lipinski definition) is 3. The molecule has 0 saturated heterocycles. The van der Waals surface area contributed by atoms with E-state index in [4.69, 9.17) is 0 Å². The second-order valence-corrected chi connectivity index (χ2v) is 8.30. The Hall–Kier alpha value is -4.30. The molecule has 4 aromatic rings. The summed E-state index contributed by atoms with van der Waals surface area (Å²) >= 11 is 1.35. The number of benzene rings is 3. The van der Waals surface area contributed by atoms with Gasteiger partial charge in [-0.05, 0) is 77.7 Å². The minimum absolute atomic E-state index is 0.196. The molecular weight excluding hydrogens is 453 g/mol. The minimum Gasteiger partial charge on any atom is -0.348 e. The van der Waals surface area contributed by atoms with Gasteiger partial charge in [0.15, 0.2) is 0 Å². The van der Waals surface area contributed by atoms with E-state index in [0.717, 1.165) is 5.56 Å². The van der Waals surface area contributed by atoms with Crippen LogP contribution < -0.4 is 16.0 Å². The van der Waals surface area contributed by atoms with Gasteiger partial charge in [0.2, 0.25) is 0 Å². The van der Waals surface area contributed by atoms with Crippen molar-refractivity contribution in [1.29, 1.82) is 0 Å². The van der Waals surface area contributed by atoms with E-state index in [0.29, 0.717) is 27.4 Å². The predicted octanol–water partition coefficient (Wildman–Crippen LogP) is 5.32. The number of nitrogens with one attached hydrogen (secondary N) is 3. The van der Waals surface area contributed by atoms with Crippen molar-refractivity contribution in [2.45, 2.75) is 6.54 Å². The van der Waals surface area contributed by atoms with Crippen LogP contribution >= 0.6 is 11.3 Å². The molecule has 6 nitrogen and oxygen atoms in total. The SMILES string of the molecule is O=C(NCc1cccc(NC(=O)c2ccc(F)cc2)c1)c1ccc(NC(=O)c2cccs2)cc1. The van der Waals surface area contributed by atoms with Gasteiger partial charge < -0.3 is 16.0 Å². The molecule has 0 atom stereocenters. The maximum absolute atomic E-state index is 13.0. The van der Waals surface area contributed by atoms with Crippen molar-refractivity contribution in [3.05, 3.63) is 118 Å². The van der Waals surface area contributed by atoms with Gasteiger partial charge in [-0.2, -0.15) is 0 Å². The van der Waals surface area contributed by atoms with Crippen molar-refractivity contribution in [3.8, 4) is 0 Å². The highest BCUT2D eigenvalue weighted by Crippen LogP contribution is 2.16. The fourth-order valence-corrected chi connectivity index (χ4v) is 3.77. The first-order valence-electron chi connectivity index (χ1n) is 10.4. The lowest BCUT2D eigenvalue weighted by Crippen LogP contribution is -2.23. The number of rotatable bonds is 7. The Labute approximate surface area is 199 Å². The van der Waals surface area contributed by atoms with Crippen LogP contribution in [0.3, 0.4) is 0 Å². The van der Waals surface area contributed by atoms with E-state index in [9.17, 15) is 18.8 Å². The van der Waals surface area contributed by atoms with Gasteiger partial charge in [-0.15, -0.1) is 11.3 Å². The average Bonchev–Trinajstić information content (AvgIpc) is 3.39. The number of amides is 3. The summed E-state index contributed by atoms with van der Waals surface area (Å²) in [6.07, 6.45) is 0. The number of halogens is 1. The zero-order valence-electron chi connectivity index (χ0n) is 17.9. The van der Waals surface area contributed by atoms with Crippen molar-refractivity contribution in [1.82, 2.24) is 5.32 Å². The van der Waals surface area contributed by atoms with E-state index in [2.05, 4.69) is 16.0 Å². The lowest BCUT2D eigenvalue weighted by Gasteiger charge is -2.10. The third-order valence-electron chi connectivity index (χ3n) is 4.89. The Balaban J connectivity index is 1.31. The molecule has 3 aromatic carbocycles. The molecule has 0 radical (unpaired) electrons. The summed E-state index contributed by atoms with van der Waals surface area (Å²) < 4.78 is 13.0. The van der Waals surface area contributed by atoms with Gasteiger partial charge >= 0.3 is 0 Å². The standard InChI is InChI=1S/C26H20FN3O3S/c27-20-10-6-19(7-11-20)25(32)30-22-4-1-3-17(15-22)16-28-24(31)18-8-12-21(13-9-18)29-26(33)23-5-2-14-34-23/h1-15H,16H2,(H,28,31)(H,29,33)(H,30,32). The first-order valence-corrected chi connectivity index (χ1v) is 11.2. The molecule has 8 heteroatoms. The number of carbonyl (C=O) groups is 3. The van der Waals surface area contributed by atoms with E-state index >= 15 is 0 Å². The van der Waals surface area contributed by atoms with Crippen molar-refractivity contribution < 1.29 is 18.8 Å². The highest BCUT2D eigenvalue weighted by atomic mass is 32.1. The molecule has 4 rings (SSSR count). The molecule has 0 saturated carbocycles. The van der Waals surface area contributed by atoms with Crippen LogP contribution in [0.25, 0.3) is 0 Å². The van der Waals surface area contributed by atoms with Crippen molar-refractivity contribution in [2.75, 3.05) is 10.6 Å². The fourth-order valence-electron chi connectivity index (χ4n) is 3.15. The number of hydrogen-bond acceptors (Lipinski definition) is 4. The van der Waals surface area contributed by atoms with Gasteiger partial charge in [0.1, 0.15) is 5.82 Å². The molecule has 3 N–H and O–H groups in total. The summed E-state index contributed by atoms with van der Waals surface area (Å²) in [4.78, 5) is 37.6. The normalized spacial score (nSPS) is 10.4. The van der Waals surface area contributed by atoms with E-state index in [-0.39, 0.29) is 24.3 Å². The van der Waals surface area contributed by atoms with Gasteiger partial charge in [0.25, 0.3) is 17.7 Å². The van der Waals surface area contributed by atoms with Crippen molar-refractivity contribution in [3.63, 3.8) is 0 Å². The average molecular weight is 474 g/mol. The molecular formula is C26H20FN3O3S. The van der Waals surface area contributed by atoms with Gasteiger partial charge in [-0.1, -0.05) is 18.2 Å².